The molecule has 1 aromatic carbocycles. The lowest BCUT2D eigenvalue weighted by atomic mass is 10.2. The standard InChI is InChI=1S/C13H18N2O2S/c1-15(10-3-5-11(18-2)6-4-10)13(16)12-9-14-7-8-17-12/h3-6,12,14H,7-9H2,1-2H3. The summed E-state index contributed by atoms with van der Waals surface area (Å²) in [6.45, 7) is 2.00. The van der Waals surface area contributed by atoms with Crippen LogP contribution in [0.5, 0.6) is 0 Å². The van der Waals surface area contributed by atoms with Gasteiger partial charge in [0, 0.05) is 30.7 Å². The maximum absolute atomic E-state index is 12.2. The molecule has 1 aromatic rings. The predicted octanol–water partition coefficient (Wildman–Crippen LogP) is 1.36. The van der Waals surface area contributed by atoms with E-state index < -0.39 is 0 Å². The molecule has 1 fully saturated rings. The van der Waals surface area contributed by atoms with Crippen molar-refractivity contribution in [2.45, 2.75) is 11.0 Å². The minimum absolute atomic E-state index is 0.000832. The van der Waals surface area contributed by atoms with E-state index in [1.165, 1.54) is 4.90 Å². The molecular weight excluding hydrogens is 248 g/mol. The van der Waals surface area contributed by atoms with Crippen LogP contribution in [0.4, 0.5) is 5.69 Å². The summed E-state index contributed by atoms with van der Waals surface area (Å²) in [5.74, 6) is -0.000832. The van der Waals surface area contributed by atoms with Gasteiger partial charge in [0.05, 0.1) is 6.61 Å². The van der Waals surface area contributed by atoms with Crippen molar-refractivity contribution in [3.63, 3.8) is 0 Å². The van der Waals surface area contributed by atoms with E-state index in [-0.39, 0.29) is 12.0 Å². The van der Waals surface area contributed by atoms with E-state index in [2.05, 4.69) is 5.32 Å². The molecule has 1 aliphatic heterocycles. The topological polar surface area (TPSA) is 41.6 Å². The Balaban J connectivity index is 2.04. The van der Waals surface area contributed by atoms with Crippen LogP contribution in [0.1, 0.15) is 0 Å². The number of carbonyl (C=O) groups excluding carboxylic acids is 1. The minimum atomic E-state index is -0.371. The zero-order valence-corrected chi connectivity index (χ0v) is 11.5. The van der Waals surface area contributed by atoms with E-state index in [4.69, 9.17) is 4.74 Å². The first-order valence-electron chi connectivity index (χ1n) is 5.96. The second-order valence-corrected chi connectivity index (χ2v) is 5.04. The number of hydrogen-bond donors (Lipinski definition) is 1. The summed E-state index contributed by atoms with van der Waals surface area (Å²) in [6, 6.07) is 7.95. The first kappa shape index (κ1) is 13.4. The zero-order chi connectivity index (χ0) is 13.0. The molecule has 2 rings (SSSR count). The SMILES string of the molecule is CSc1ccc(N(C)C(=O)C2CNCCO2)cc1. The Kier molecular flexibility index (Phi) is 4.63. The van der Waals surface area contributed by atoms with Crippen LogP contribution in [0.15, 0.2) is 29.2 Å². The van der Waals surface area contributed by atoms with Gasteiger partial charge in [-0.25, -0.2) is 0 Å². The van der Waals surface area contributed by atoms with Gasteiger partial charge in [0.2, 0.25) is 0 Å². The number of amides is 1. The van der Waals surface area contributed by atoms with Gasteiger partial charge in [-0.2, -0.15) is 0 Å². The van der Waals surface area contributed by atoms with Gasteiger partial charge < -0.3 is 15.0 Å². The number of morpholine rings is 1. The smallest absolute Gasteiger partial charge is 0.257 e. The highest BCUT2D eigenvalue weighted by molar-refractivity contribution is 7.98. The molecule has 0 radical (unpaired) electrons. The van der Waals surface area contributed by atoms with Crippen LogP contribution in [-0.2, 0) is 9.53 Å². The number of nitrogens with zero attached hydrogens (tertiary/aromatic N) is 1. The Morgan fingerprint density at radius 1 is 1.44 bits per heavy atom. The van der Waals surface area contributed by atoms with Crippen LogP contribution in [0.25, 0.3) is 0 Å². The first-order chi connectivity index (χ1) is 8.72. The molecule has 4 nitrogen and oxygen atoms in total. The number of hydrogen-bond acceptors (Lipinski definition) is 4. The van der Waals surface area contributed by atoms with E-state index in [0.29, 0.717) is 13.2 Å². The monoisotopic (exact) mass is 266 g/mol. The summed E-state index contributed by atoms with van der Waals surface area (Å²) in [5.41, 5.74) is 0.895. The second-order valence-electron chi connectivity index (χ2n) is 4.16. The molecule has 1 amide bonds. The molecule has 0 spiro atoms. The highest BCUT2D eigenvalue weighted by atomic mass is 32.2. The maximum atomic E-state index is 12.2. The van der Waals surface area contributed by atoms with Crippen LogP contribution in [0.2, 0.25) is 0 Å². The molecule has 0 saturated carbocycles. The van der Waals surface area contributed by atoms with E-state index in [1.807, 2.05) is 30.5 Å². The predicted molar refractivity (Wildman–Crippen MR) is 74.2 cm³/mol. The third kappa shape index (κ3) is 3.04. The molecule has 98 valence electrons. The first-order valence-corrected chi connectivity index (χ1v) is 7.19. The molecule has 0 aromatic heterocycles. The summed E-state index contributed by atoms with van der Waals surface area (Å²) in [5, 5.41) is 3.16. The fraction of sp³-hybridized carbons (Fsp3) is 0.462. The Morgan fingerprint density at radius 2 is 2.17 bits per heavy atom. The van der Waals surface area contributed by atoms with Crippen molar-refractivity contribution in [2.24, 2.45) is 0 Å². The average molecular weight is 266 g/mol. The molecule has 0 aliphatic carbocycles. The fourth-order valence-electron chi connectivity index (χ4n) is 1.87. The number of ether oxygens (including phenoxy) is 1. The number of nitrogens with one attached hydrogen (secondary N) is 1. The molecule has 5 heteroatoms. The molecule has 1 saturated heterocycles. The van der Waals surface area contributed by atoms with Crippen LogP contribution in [-0.4, -0.2) is 45.0 Å². The maximum Gasteiger partial charge on any atom is 0.257 e. The summed E-state index contributed by atoms with van der Waals surface area (Å²) < 4.78 is 5.47. The minimum Gasteiger partial charge on any atom is -0.366 e. The van der Waals surface area contributed by atoms with Gasteiger partial charge in [0.25, 0.3) is 5.91 Å². The third-order valence-electron chi connectivity index (χ3n) is 2.99. The van der Waals surface area contributed by atoms with E-state index >= 15 is 0 Å². The van der Waals surface area contributed by atoms with E-state index in [9.17, 15) is 4.79 Å². The average Bonchev–Trinajstić information content (AvgIpc) is 2.47. The van der Waals surface area contributed by atoms with Gasteiger partial charge in [0.15, 0.2) is 0 Å². The quantitative estimate of drug-likeness (QED) is 0.839. The van der Waals surface area contributed by atoms with Crippen molar-refractivity contribution < 1.29 is 9.53 Å². The third-order valence-corrected chi connectivity index (χ3v) is 3.74. The lowest BCUT2D eigenvalue weighted by Crippen LogP contribution is -2.48. The highest BCUT2D eigenvalue weighted by Crippen LogP contribution is 2.20. The van der Waals surface area contributed by atoms with Crippen LogP contribution < -0.4 is 10.2 Å². The second kappa shape index (κ2) is 6.22. The van der Waals surface area contributed by atoms with Gasteiger partial charge in [-0.3, -0.25) is 4.79 Å². The lowest BCUT2D eigenvalue weighted by molar-refractivity contribution is -0.131. The Hall–Kier alpha value is -1.04. The zero-order valence-electron chi connectivity index (χ0n) is 10.7. The Bertz CT molecular complexity index is 402. The van der Waals surface area contributed by atoms with Gasteiger partial charge in [-0.15, -0.1) is 11.8 Å². The molecule has 1 aliphatic rings. The van der Waals surface area contributed by atoms with Gasteiger partial charge >= 0.3 is 0 Å². The van der Waals surface area contributed by atoms with Gasteiger partial charge in [-0.1, -0.05) is 0 Å². The number of thioether (sulfide) groups is 1. The fourth-order valence-corrected chi connectivity index (χ4v) is 2.28. The highest BCUT2D eigenvalue weighted by Gasteiger charge is 2.25. The van der Waals surface area contributed by atoms with Crippen LogP contribution >= 0.6 is 11.8 Å². The van der Waals surface area contributed by atoms with Crippen LogP contribution in [0, 0.1) is 0 Å². The molecule has 1 unspecified atom stereocenters. The summed E-state index contributed by atoms with van der Waals surface area (Å²) in [7, 11) is 1.79. The Labute approximate surface area is 112 Å². The van der Waals surface area contributed by atoms with Crippen molar-refractivity contribution in [3.8, 4) is 0 Å². The van der Waals surface area contributed by atoms with E-state index in [0.717, 1.165) is 12.2 Å². The number of carbonyl (C=O) groups is 1. The summed E-state index contributed by atoms with van der Waals surface area (Å²) in [4.78, 5) is 15.1. The number of benzene rings is 1. The normalized spacial score (nSPS) is 19.6. The van der Waals surface area contributed by atoms with Gasteiger partial charge in [0.1, 0.15) is 6.10 Å². The molecule has 0 bridgehead atoms. The van der Waals surface area contributed by atoms with Crippen molar-refractivity contribution >= 4 is 23.4 Å². The summed E-state index contributed by atoms with van der Waals surface area (Å²) in [6.07, 6.45) is 1.66. The molecule has 1 heterocycles. The number of likely N-dealkylation sites (N-methyl/N-ethyl adjacent to an activating group) is 1. The lowest BCUT2D eigenvalue weighted by Gasteiger charge is -2.27. The number of anilines is 1. The summed E-state index contributed by atoms with van der Waals surface area (Å²) >= 11 is 1.69. The van der Waals surface area contributed by atoms with Crippen molar-refractivity contribution in [3.05, 3.63) is 24.3 Å². The molecule has 1 N–H and O–H groups in total. The van der Waals surface area contributed by atoms with E-state index in [1.54, 1.807) is 23.7 Å². The van der Waals surface area contributed by atoms with Crippen molar-refractivity contribution in [1.82, 2.24) is 5.32 Å². The van der Waals surface area contributed by atoms with Gasteiger partial charge in [-0.05, 0) is 30.5 Å². The number of rotatable bonds is 3. The van der Waals surface area contributed by atoms with Crippen LogP contribution in [0.3, 0.4) is 0 Å². The van der Waals surface area contributed by atoms with Crippen molar-refractivity contribution in [2.75, 3.05) is 37.9 Å². The Morgan fingerprint density at radius 3 is 2.72 bits per heavy atom. The largest absolute Gasteiger partial charge is 0.366 e. The van der Waals surface area contributed by atoms with Crippen molar-refractivity contribution in [1.29, 1.82) is 0 Å². The molecule has 18 heavy (non-hydrogen) atoms. The molecule has 1 atom stereocenters. The molecular formula is C13H18N2O2S.